The van der Waals surface area contributed by atoms with E-state index in [4.69, 9.17) is 4.74 Å². The number of fused-ring (bicyclic) bond motifs is 1. The average Bonchev–Trinajstić information content (AvgIpc) is 2.87. The van der Waals surface area contributed by atoms with Crippen molar-refractivity contribution >= 4 is 17.6 Å². The highest BCUT2D eigenvalue weighted by molar-refractivity contribution is 6.00. The predicted molar refractivity (Wildman–Crippen MR) is 110 cm³/mol. The summed E-state index contributed by atoms with van der Waals surface area (Å²) in [4.78, 5) is 41.9. The smallest absolute Gasteiger partial charge is 0.245 e. The zero-order chi connectivity index (χ0) is 21.5. The largest absolute Gasteiger partial charge is 0.486 e. The van der Waals surface area contributed by atoms with Gasteiger partial charge in [-0.1, -0.05) is 11.6 Å². The summed E-state index contributed by atoms with van der Waals surface area (Å²) in [5.74, 6) is 0.423. The molecule has 4 rings (SSSR count). The maximum absolute atomic E-state index is 13.0. The first kappa shape index (κ1) is 20.8. The summed E-state index contributed by atoms with van der Waals surface area (Å²) in [5, 5.41) is 9.88. The lowest BCUT2D eigenvalue weighted by atomic mass is 9.84. The first-order valence-electron chi connectivity index (χ1n) is 10.9. The molecule has 0 aliphatic carbocycles. The Kier molecular flexibility index (Phi) is 5.57. The van der Waals surface area contributed by atoms with Gasteiger partial charge in [0, 0.05) is 32.5 Å². The van der Waals surface area contributed by atoms with Gasteiger partial charge in [-0.2, -0.15) is 0 Å². The molecule has 2 fully saturated rings. The molecule has 3 aliphatic heterocycles. The Labute approximate surface area is 177 Å². The van der Waals surface area contributed by atoms with E-state index in [0.29, 0.717) is 50.2 Å². The molecule has 3 heterocycles. The molecule has 7 heteroatoms. The number of nitrogens with zero attached hydrogens (tertiary/aromatic N) is 2. The maximum atomic E-state index is 13.0. The second-order valence-electron chi connectivity index (χ2n) is 8.98. The van der Waals surface area contributed by atoms with Crippen LogP contribution in [0.4, 0.5) is 0 Å². The van der Waals surface area contributed by atoms with Gasteiger partial charge in [0.2, 0.25) is 11.8 Å². The van der Waals surface area contributed by atoms with Crippen molar-refractivity contribution in [2.45, 2.75) is 70.1 Å². The van der Waals surface area contributed by atoms with Crippen LogP contribution in [0.25, 0.3) is 0 Å². The second kappa shape index (κ2) is 8.02. The lowest BCUT2D eigenvalue weighted by Crippen LogP contribution is -2.52. The van der Waals surface area contributed by atoms with Crippen molar-refractivity contribution in [3.63, 3.8) is 0 Å². The van der Waals surface area contributed by atoms with Crippen molar-refractivity contribution < 1.29 is 24.2 Å². The number of likely N-dealkylation sites (tertiary alicyclic amines) is 2. The van der Waals surface area contributed by atoms with E-state index in [2.05, 4.69) is 0 Å². The first-order chi connectivity index (χ1) is 14.3. The highest BCUT2D eigenvalue weighted by Gasteiger charge is 2.44. The Balaban J connectivity index is 1.48. The fraction of sp³-hybridized carbons (Fsp3) is 0.609. The van der Waals surface area contributed by atoms with Crippen LogP contribution in [0.15, 0.2) is 18.2 Å². The molecule has 162 valence electrons. The number of carbonyl (C=O) groups is 3. The number of hydrogen-bond donors (Lipinski definition) is 1. The Hall–Kier alpha value is -2.41. The lowest BCUT2D eigenvalue weighted by molar-refractivity contribution is -0.146. The standard InChI is InChI=1S/C23H30N2O5/c1-15-5-6-20-18(12-15)19(27)13-23(30-20)8-7-21(28)25(11-9-23)16(2)22(29)24-10-3-4-17(26)14-24/h5-6,12,16-17,26H,3-4,7-11,13-14H2,1-2H3/t16-,17-,23-/m1/s1. The van der Waals surface area contributed by atoms with Gasteiger partial charge in [-0.15, -0.1) is 0 Å². The summed E-state index contributed by atoms with van der Waals surface area (Å²) in [6, 6.07) is 5.02. The topological polar surface area (TPSA) is 87.2 Å². The number of ether oxygens (including phenoxy) is 1. The molecule has 3 atom stereocenters. The molecule has 0 saturated carbocycles. The molecule has 1 spiro atoms. The van der Waals surface area contributed by atoms with E-state index in [9.17, 15) is 19.5 Å². The highest BCUT2D eigenvalue weighted by atomic mass is 16.5. The molecule has 0 unspecified atom stereocenters. The number of aryl methyl sites for hydroxylation is 1. The van der Waals surface area contributed by atoms with Crippen molar-refractivity contribution in [3.8, 4) is 5.75 Å². The number of Topliss-reactive ketones (excluding diaryl/α,β-unsaturated/α-hetero) is 1. The van der Waals surface area contributed by atoms with Crippen LogP contribution in [0.2, 0.25) is 0 Å². The lowest BCUT2D eigenvalue weighted by Gasteiger charge is -2.38. The van der Waals surface area contributed by atoms with Crippen LogP contribution < -0.4 is 4.74 Å². The molecule has 1 aromatic carbocycles. The molecular formula is C23H30N2O5. The molecule has 0 bridgehead atoms. The number of β-amino-alcohol motifs (C(OH)–C–C–N with tert-alkyl or cyclic N) is 1. The van der Waals surface area contributed by atoms with Gasteiger partial charge in [-0.05, 0) is 45.2 Å². The van der Waals surface area contributed by atoms with Crippen LogP contribution in [0.3, 0.4) is 0 Å². The van der Waals surface area contributed by atoms with Crippen LogP contribution in [0.1, 0.15) is 61.4 Å². The van der Waals surface area contributed by atoms with Crippen LogP contribution in [0.5, 0.6) is 5.75 Å². The van der Waals surface area contributed by atoms with Gasteiger partial charge in [-0.3, -0.25) is 14.4 Å². The highest BCUT2D eigenvalue weighted by Crippen LogP contribution is 2.40. The number of carbonyl (C=O) groups excluding carboxylic acids is 3. The van der Waals surface area contributed by atoms with Crippen molar-refractivity contribution in [2.24, 2.45) is 0 Å². The van der Waals surface area contributed by atoms with Crippen LogP contribution in [-0.2, 0) is 9.59 Å². The molecular weight excluding hydrogens is 384 g/mol. The zero-order valence-corrected chi connectivity index (χ0v) is 17.7. The van der Waals surface area contributed by atoms with E-state index in [1.54, 1.807) is 16.7 Å². The Morgan fingerprint density at radius 1 is 1.27 bits per heavy atom. The van der Waals surface area contributed by atoms with E-state index in [-0.39, 0.29) is 30.4 Å². The summed E-state index contributed by atoms with van der Waals surface area (Å²) < 4.78 is 6.30. The van der Waals surface area contributed by atoms with Gasteiger partial charge in [0.05, 0.1) is 18.1 Å². The minimum Gasteiger partial charge on any atom is -0.486 e. The number of ketones is 1. The monoisotopic (exact) mass is 414 g/mol. The summed E-state index contributed by atoms with van der Waals surface area (Å²) >= 11 is 0. The molecule has 1 N–H and O–H groups in total. The van der Waals surface area contributed by atoms with E-state index in [1.165, 1.54) is 0 Å². The van der Waals surface area contributed by atoms with Gasteiger partial charge in [0.1, 0.15) is 17.4 Å². The van der Waals surface area contributed by atoms with Crippen molar-refractivity contribution in [1.82, 2.24) is 9.80 Å². The van der Waals surface area contributed by atoms with Gasteiger partial charge in [-0.25, -0.2) is 0 Å². The molecule has 3 aliphatic rings. The molecule has 2 saturated heterocycles. The van der Waals surface area contributed by atoms with Crippen molar-refractivity contribution in [2.75, 3.05) is 19.6 Å². The number of benzene rings is 1. The molecule has 2 amide bonds. The number of hydrogen-bond acceptors (Lipinski definition) is 5. The van der Waals surface area contributed by atoms with Gasteiger partial charge in [0.15, 0.2) is 5.78 Å². The third-order valence-corrected chi connectivity index (χ3v) is 6.70. The quantitative estimate of drug-likeness (QED) is 0.801. The minimum absolute atomic E-state index is 0.0484. The van der Waals surface area contributed by atoms with Crippen LogP contribution in [0, 0.1) is 6.92 Å². The fourth-order valence-corrected chi connectivity index (χ4v) is 4.90. The van der Waals surface area contributed by atoms with Gasteiger partial charge >= 0.3 is 0 Å². The number of aliphatic hydroxyl groups is 1. The maximum Gasteiger partial charge on any atom is 0.245 e. The minimum atomic E-state index is -0.701. The Morgan fingerprint density at radius 2 is 2.07 bits per heavy atom. The third-order valence-electron chi connectivity index (χ3n) is 6.70. The molecule has 0 aromatic heterocycles. The molecule has 1 aromatic rings. The third kappa shape index (κ3) is 3.95. The van der Waals surface area contributed by atoms with Gasteiger partial charge < -0.3 is 19.6 Å². The average molecular weight is 415 g/mol. The molecule has 7 nitrogen and oxygen atoms in total. The first-order valence-corrected chi connectivity index (χ1v) is 10.9. The number of aliphatic hydroxyl groups excluding tert-OH is 1. The van der Waals surface area contributed by atoms with E-state index in [1.807, 2.05) is 25.1 Å². The van der Waals surface area contributed by atoms with Gasteiger partial charge in [0.25, 0.3) is 0 Å². The van der Waals surface area contributed by atoms with Crippen LogP contribution in [-0.4, -0.2) is 69.9 Å². The second-order valence-corrected chi connectivity index (χ2v) is 8.98. The van der Waals surface area contributed by atoms with E-state index >= 15 is 0 Å². The van der Waals surface area contributed by atoms with Crippen molar-refractivity contribution in [3.05, 3.63) is 29.3 Å². The Bertz CT molecular complexity index is 869. The van der Waals surface area contributed by atoms with Crippen molar-refractivity contribution in [1.29, 1.82) is 0 Å². The predicted octanol–water partition coefficient (Wildman–Crippen LogP) is 2.08. The van der Waals surface area contributed by atoms with E-state index in [0.717, 1.165) is 12.0 Å². The van der Waals surface area contributed by atoms with Crippen LogP contribution >= 0.6 is 0 Å². The summed E-state index contributed by atoms with van der Waals surface area (Å²) in [6.07, 6.45) is 2.45. The molecule has 30 heavy (non-hydrogen) atoms. The molecule has 0 radical (unpaired) electrons. The number of rotatable bonds is 2. The zero-order valence-electron chi connectivity index (χ0n) is 17.7. The SMILES string of the molecule is Cc1ccc2c(c1)C(=O)C[C@]1(CCC(=O)N([C@H](C)C(=O)N3CCC[C@@H](O)C3)CC1)O2. The number of piperidine rings is 1. The Morgan fingerprint density at radius 3 is 2.83 bits per heavy atom. The summed E-state index contributed by atoms with van der Waals surface area (Å²) in [5.41, 5.74) is 0.924. The summed E-state index contributed by atoms with van der Waals surface area (Å²) in [7, 11) is 0. The summed E-state index contributed by atoms with van der Waals surface area (Å²) in [6.45, 7) is 5.00. The number of amides is 2. The van der Waals surface area contributed by atoms with E-state index < -0.39 is 17.7 Å². The normalized spacial score (nSPS) is 28.0. The fourth-order valence-electron chi connectivity index (χ4n) is 4.90.